The number of phenolic OH excluding ortho intramolecular Hbond substituents is 1. The Hall–Kier alpha value is -3.77. The number of carbonyl (C=O) groups is 1. The summed E-state index contributed by atoms with van der Waals surface area (Å²) in [5.74, 6) is 0.836. The lowest BCUT2D eigenvalue weighted by molar-refractivity contribution is 0.0958. The second kappa shape index (κ2) is 10.5. The Labute approximate surface area is 212 Å². The third kappa shape index (κ3) is 4.44. The van der Waals surface area contributed by atoms with Crippen LogP contribution < -0.4 is 10.1 Å². The molecule has 0 saturated carbocycles. The zero-order chi connectivity index (χ0) is 25.1. The normalized spacial score (nSPS) is 14.2. The van der Waals surface area contributed by atoms with Crippen LogP contribution in [-0.2, 0) is 6.54 Å². The summed E-state index contributed by atoms with van der Waals surface area (Å²) in [7, 11) is 1.64. The molecule has 2 heterocycles. The number of methoxy groups -OCH3 is 1. The lowest BCUT2D eigenvalue weighted by Crippen LogP contribution is -2.29. The molecule has 3 aromatic carbocycles. The van der Waals surface area contributed by atoms with E-state index < -0.39 is 0 Å². The molecule has 1 aliphatic heterocycles. The van der Waals surface area contributed by atoms with E-state index in [-0.39, 0.29) is 11.7 Å². The van der Waals surface area contributed by atoms with E-state index in [4.69, 9.17) is 4.74 Å². The van der Waals surface area contributed by atoms with Crippen molar-refractivity contribution < 1.29 is 14.6 Å². The highest BCUT2D eigenvalue weighted by Crippen LogP contribution is 2.41. The maximum Gasteiger partial charge on any atom is 0.254 e. The fourth-order valence-electron chi connectivity index (χ4n) is 5.28. The number of likely N-dealkylation sites (tertiary alicyclic amines) is 1. The first-order valence-electron chi connectivity index (χ1n) is 12.7. The van der Waals surface area contributed by atoms with Crippen LogP contribution >= 0.6 is 0 Å². The summed E-state index contributed by atoms with van der Waals surface area (Å²) in [5.41, 5.74) is 4.95. The monoisotopic (exact) mass is 483 g/mol. The highest BCUT2D eigenvalue weighted by Gasteiger charge is 2.28. The van der Waals surface area contributed by atoms with Gasteiger partial charge in [-0.3, -0.25) is 9.69 Å². The molecule has 0 bridgehead atoms. The van der Waals surface area contributed by atoms with E-state index in [1.165, 1.54) is 6.42 Å². The fraction of sp³-hybridized carbons (Fsp3) is 0.300. The van der Waals surface area contributed by atoms with Gasteiger partial charge in [-0.2, -0.15) is 0 Å². The van der Waals surface area contributed by atoms with Crippen molar-refractivity contribution >= 4 is 16.8 Å². The van der Waals surface area contributed by atoms with Gasteiger partial charge in [-0.1, -0.05) is 24.6 Å². The van der Waals surface area contributed by atoms with Crippen molar-refractivity contribution in [2.45, 2.75) is 32.7 Å². The van der Waals surface area contributed by atoms with Gasteiger partial charge in [-0.05, 0) is 86.9 Å². The summed E-state index contributed by atoms with van der Waals surface area (Å²) in [4.78, 5) is 16.1. The molecule has 0 atom stereocenters. The van der Waals surface area contributed by atoms with Gasteiger partial charge in [0, 0.05) is 29.7 Å². The predicted octanol–water partition coefficient (Wildman–Crippen LogP) is 5.75. The van der Waals surface area contributed by atoms with Gasteiger partial charge in [0.2, 0.25) is 0 Å². The van der Waals surface area contributed by atoms with Crippen LogP contribution in [0.15, 0.2) is 66.7 Å². The molecule has 186 valence electrons. The van der Waals surface area contributed by atoms with E-state index in [2.05, 4.69) is 14.8 Å². The van der Waals surface area contributed by atoms with Crippen molar-refractivity contribution in [3.63, 3.8) is 0 Å². The maximum atomic E-state index is 13.7. The van der Waals surface area contributed by atoms with Gasteiger partial charge in [0.05, 0.1) is 23.9 Å². The van der Waals surface area contributed by atoms with Crippen molar-refractivity contribution in [3.05, 3.63) is 77.9 Å². The van der Waals surface area contributed by atoms with Gasteiger partial charge < -0.3 is 19.7 Å². The number of aromatic hydroxyl groups is 1. The molecule has 0 spiro atoms. The summed E-state index contributed by atoms with van der Waals surface area (Å²) in [6, 6.07) is 21.6. The van der Waals surface area contributed by atoms with E-state index in [9.17, 15) is 9.90 Å². The summed E-state index contributed by atoms with van der Waals surface area (Å²) < 4.78 is 7.53. The molecule has 1 aliphatic rings. The highest BCUT2D eigenvalue weighted by atomic mass is 16.5. The number of fused-ring (bicyclic) bond motifs is 1. The van der Waals surface area contributed by atoms with Gasteiger partial charge in [0.1, 0.15) is 11.5 Å². The molecule has 2 N–H and O–H groups in total. The summed E-state index contributed by atoms with van der Waals surface area (Å²) >= 11 is 0. The van der Waals surface area contributed by atoms with Crippen LogP contribution in [-0.4, -0.2) is 47.2 Å². The Morgan fingerprint density at radius 3 is 2.36 bits per heavy atom. The van der Waals surface area contributed by atoms with E-state index >= 15 is 0 Å². The summed E-state index contributed by atoms with van der Waals surface area (Å²) in [5, 5.41) is 14.9. The number of nitrogens with one attached hydrogen (secondary N) is 1. The molecule has 36 heavy (non-hydrogen) atoms. The SMILES string of the molecule is CCNC(=O)c1c(-c2ccc(OC)cc2)n(-c2ccccc2)c2ccc(O)c(CN3CCCCC3)c12. The highest BCUT2D eigenvalue weighted by molar-refractivity contribution is 6.15. The van der Waals surface area contributed by atoms with E-state index in [1.807, 2.05) is 67.6 Å². The number of benzene rings is 3. The van der Waals surface area contributed by atoms with Crippen molar-refractivity contribution in [2.24, 2.45) is 0 Å². The predicted molar refractivity (Wildman–Crippen MR) is 144 cm³/mol. The minimum absolute atomic E-state index is 0.145. The van der Waals surface area contributed by atoms with Crippen molar-refractivity contribution in [1.29, 1.82) is 0 Å². The number of para-hydroxylation sites is 1. The molecule has 0 aliphatic carbocycles. The third-order valence-electron chi connectivity index (χ3n) is 6.99. The lowest BCUT2D eigenvalue weighted by Gasteiger charge is -2.27. The van der Waals surface area contributed by atoms with Crippen molar-refractivity contribution in [3.8, 4) is 28.4 Å². The number of rotatable bonds is 7. The summed E-state index contributed by atoms with van der Waals surface area (Å²) in [6.45, 7) is 5.04. The van der Waals surface area contributed by atoms with E-state index in [1.54, 1.807) is 13.2 Å². The zero-order valence-electron chi connectivity index (χ0n) is 21.0. The van der Waals surface area contributed by atoms with Gasteiger partial charge in [-0.25, -0.2) is 0 Å². The molecule has 1 saturated heterocycles. The van der Waals surface area contributed by atoms with Crippen LogP contribution in [0, 0.1) is 0 Å². The van der Waals surface area contributed by atoms with E-state index in [0.29, 0.717) is 18.7 Å². The molecule has 1 amide bonds. The Bertz CT molecular complexity index is 1350. The van der Waals surface area contributed by atoms with Crippen LogP contribution in [0.5, 0.6) is 11.5 Å². The van der Waals surface area contributed by atoms with Gasteiger partial charge in [0.15, 0.2) is 0 Å². The average Bonchev–Trinajstić information content (AvgIpc) is 3.27. The first kappa shape index (κ1) is 23.9. The van der Waals surface area contributed by atoms with E-state index in [0.717, 1.165) is 65.1 Å². The van der Waals surface area contributed by atoms with Crippen LogP contribution in [0.4, 0.5) is 0 Å². The van der Waals surface area contributed by atoms with Crippen molar-refractivity contribution in [1.82, 2.24) is 14.8 Å². The standard InChI is InChI=1S/C30H33N3O3/c1-3-31-30(35)28-27-24(20-32-18-8-5-9-19-32)26(34)17-16-25(27)33(22-10-6-4-7-11-22)29(28)21-12-14-23(36-2)15-13-21/h4,6-7,10-17,34H,3,5,8-9,18-20H2,1-2H3,(H,31,35). The molecule has 1 aromatic heterocycles. The largest absolute Gasteiger partial charge is 0.508 e. The van der Waals surface area contributed by atoms with Crippen LogP contribution in [0.25, 0.3) is 27.8 Å². The minimum atomic E-state index is -0.145. The fourth-order valence-corrected chi connectivity index (χ4v) is 5.28. The molecule has 0 unspecified atom stereocenters. The maximum absolute atomic E-state index is 13.7. The Morgan fingerprint density at radius 2 is 1.69 bits per heavy atom. The number of nitrogens with zero attached hydrogens (tertiary/aromatic N) is 2. The number of aromatic nitrogens is 1. The van der Waals surface area contributed by atoms with Crippen LogP contribution in [0.2, 0.25) is 0 Å². The Balaban J connectivity index is 1.84. The Morgan fingerprint density at radius 1 is 0.972 bits per heavy atom. The second-order valence-electron chi connectivity index (χ2n) is 9.28. The van der Waals surface area contributed by atoms with Gasteiger partial charge in [0.25, 0.3) is 5.91 Å². The van der Waals surface area contributed by atoms with Crippen molar-refractivity contribution in [2.75, 3.05) is 26.7 Å². The number of hydrogen-bond acceptors (Lipinski definition) is 4. The topological polar surface area (TPSA) is 66.7 Å². The first-order valence-corrected chi connectivity index (χ1v) is 12.7. The second-order valence-corrected chi connectivity index (χ2v) is 9.28. The zero-order valence-corrected chi connectivity index (χ0v) is 21.0. The molecular formula is C30H33N3O3. The quantitative estimate of drug-likeness (QED) is 0.351. The molecule has 4 aromatic rings. The average molecular weight is 484 g/mol. The molecular weight excluding hydrogens is 450 g/mol. The molecule has 6 nitrogen and oxygen atoms in total. The first-order chi connectivity index (χ1) is 17.6. The number of carbonyl (C=O) groups excluding carboxylic acids is 1. The number of phenols is 1. The Kier molecular flexibility index (Phi) is 6.96. The molecule has 5 rings (SSSR count). The number of hydrogen-bond donors (Lipinski definition) is 2. The molecule has 0 radical (unpaired) electrons. The van der Waals surface area contributed by atoms with Gasteiger partial charge >= 0.3 is 0 Å². The van der Waals surface area contributed by atoms with Crippen LogP contribution in [0.1, 0.15) is 42.1 Å². The number of piperidine rings is 1. The smallest absolute Gasteiger partial charge is 0.254 e. The van der Waals surface area contributed by atoms with Gasteiger partial charge in [-0.15, -0.1) is 0 Å². The van der Waals surface area contributed by atoms with Crippen LogP contribution in [0.3, 0.4) is 0 Å². The minimum Gasteiger partial charge on any atom is -0.508 e. The lowest BCUT2D eigenvalue weighted by atomic mass is 9.99. The molecule has 6 heteroatoms. The summed E-state index contributed by atoms with van der Waals surface area (Å²) in [6.07, 6.45) is 3.55. The number of amides is 1. The molecule has 1 fully saturated rings. The third-order valence-corrected chi connectivity index (χ3v) is 6.99. The number of ether oxygens (including phenoxy) is 1.